The maximum Gasteiger partial charge on any atom is 0.0736 e. The van der Waals surface area contributed by atoms with Crippen LogP contribution in [0.4, 0.5) is 0 Å². The summed E-state index contributed by atoms with van der Waals surface area (Å²) in [6, 6.07) is 6.12. The van der Waals surface area contributed by atoms with Crippen molar-refractivity contribution in [3.05, 3.63) is 33.8 Å². The second-order valence-corrected chi connectivity index (χ2v) is 5.53. The van der Waals surface area contributed by atoms with Gasteiger partial charge in [0.2, 0.25) is 0 Å². The molecule has 4 heteroatoms. The zero-order valence-corrected chi connectivity index (χ0v) is 12.1. The van der Waals surface area contributed by atoms with Gasteiger partial charge < -0.3 is 10.1 Å². The van der Waals surface area contributed by atoms with E-state index in [2.05, 4.69) is 5.32 Å². The minimum Gasteiger partial charge on any atom is -0.372 e. The molecule has 2 rings (SSSR count). The summed E-state index contributed by atoms with van der Waals surface area (Å²) in [6.45, 7) is 0.530. The van der Waals surface area contributed by atoms with Gasteiger partial charge in [0.25, 0.3) is 0 Å². The third kappa shape index (κ3) is 3.39. The molecular weight excluding hydrogens is 269 g/mol. The van der Waals surface area contributed by atoms with E-state index in [1.54, 1.807) is 6.07 Å². The van der Waals surface area contributed by atoms with Gasteiger partial charge in [0.05, 0.1) is 22.8 Å². The van der Waals surface area contributed by atoms with Crippen molar-refractivity contribution in [3.8, 4) is 0 Å². The molecule has 1 fully saturated rings. The molecule has 0 spiro atoms. The van der Waals surface area contributed by atoms with Crippen molar-refractivity contribution in [3.63, 3.8) is 0 Å². The lowest BCUT2D eigenvalue weighted by atomic mass is 9.92. The van der Waals surface area contributed by atoms with E-state index in [0.29, 0.717) is 22.7 Å². The highest BCUT2D eigenvalue weighted by atomic mass is 35.5. The first kappa shape index (κ1) is 14.1. The molecule has 1 N–H and O–H groups in total. The van der Waals surface area contributed by atoms with Crippen LogP contribution in [0, 0.1) is 0 Å². The zero-order chi connectivity index (χ0) is 13.0. The van der Waals surface area contributed by atoms with Gasteiger partial charge in [-0.05, 0) is 31.5 Å². The fourth-order valence-electron chi connectivity index (χ4n) is 2.48. The minimum absolute atomic E-state index is 0.277. The van der Waals surface area contributed by atoms with Gasteiger partial charge in [-0.25, -0.2) is 0 Å². The molecule has 1 aromatic carbocycles. The van der Waals surface area contributed by atoms with Crippen LogP contribution in [0.3, 0.4) is 0 Å². The van der Waals surface area contributed by atoms with Crippen molar-refractivity contribution < 1.29 is 4.74 Å². The summed E-state index contributed by atoms with van der Waals surface area (Å²) in [4.78, 5) is 0. The third-order valence-electron chi connectivity index (χ3n) is 3.56. The molecule has 0 amide bonds. The van der Waals surface area contributed by atoms with Crippen molar-refractivity contribution in [2.24, 2.45) is 0 Å². The van der Waals surface area contributed by atoms with Crippen molar-refractivity contribution in [2.45, 2.75) is 44.4 Å². The number of nitrogens with one attached hydrogen (secondary N) is 1. The van der Waals surface area contributed by atoms with Gasteiger partial charge in [-0.1, -0.05) is 48.2 Å². The Morgan fingerprint density at radius 1 is 1.28 bits per heavy atom. The second kappa shape index (κ2) is 6.76. The monoisotopic (exact) mass is 287 g/mol. The van der Waals surface area contributed by atoms with E-state index >= 15 is 0 Å². The molecule has 0 aliphatic heterocycles. The molecule has 1 aliphatic rings. The Bertz CT molecular complexity index is 397. The van der Waals surface area contributed by atoms with Gasteiger partial charge in [0.1, 0.15) is 0 Å². The molecule has 1 saturated carbocycles. The van der Waals surface area contributed by atoms with Crippen LogP contribution in [-0.4, -0.2) is 19.2 Å². The van der Waals surface area contributed by atoms with Crippen LogP contribution in [0.1, 0.15) is 31.2 Å². The number of hydrogen-bond donors (Lipinski definition) is 1. The standard InChI is InChI=1S/C14H19Cl2NO/c1-17-12-7-2-3-8-13(12)18-9-10-5-4-6-11(15)14(10)16/h4-6,12-13,17H,2-3,7-9H2,1H3. The van der Waals surface area contributed by atoms with Gasteiger partial charge in [0, 0.05) is 6.04 Å². The van der Waals surface area contributed by atoms with E-state index in [9.17, 15) is 0 Å². The highest BCUT2D eigenvalue weighted by Gasteiger charge is 2.24. The average molecular weight is 288 g/mol. The Morgan fingerprint density at radius 2 is 2.06 bits per heavy atom. The van der Waals surface area contributed by atoms with E-state index in [0.717, 1.165) is 12.0 Å². The molecule has 0 heterocycles. The van der Waals surface area contributed by atoms with E-state index in [4.69, 9.17) is 27.9 Å². The average Bonchev–Trinajstić information content (AvgIpc) is 2.41. The second-order valence-electron chi connectivity index (χ2n) is 4.74. The van der Waals surface area contributed by atoms with E-state index in [-0.39, 0.29) is 6.10 Å². The summed E-state index contributed by atoms with van der Waals surface area (Å²) in [7, 11) is 2.00. The summed E-state index contributed by atoms with van der Waals surface area (Å²) >= 11 is 12.1. The van der Waals surface area contributed by atoms with Crippen LogP contribution in [0.2, 0.25) is 10.0 Å². The third-order valence-corrected chi connectivity index (χ3v) is 4.42. The number of rotatable bonds is 4. The SMILES string of the molecule is CNC1CCCCC1OCc1cccc(Cl)c1Cl. The first-order chi connectivity index (χ1) is 8.72. The molecular formula is C14H19Cl2NO. The number of likely N-dealkylation sites (N-methyl/N-ethyl adjacent to an activating group) is 1. The Kier molecular flexibility index (Phi) is 5.31. The summed E-state index contributed by atoms with van der Waals surface area (Å²) in [6.07, 6.45) is 5.10. The summed E-state index contributed by atoms with van der Waals surface area (Å²) in [5.41, 5.74) is 0.963. The molecule has 2 nitrogen and oxygen atoms in total. The topological polar surface area (TPSA) is 21.3 Å². The molecule has 100 valence electrons. The molecule has 1 aliphatic carbocycles. The molecule has 0 radical (unpaired) electrons. The van der Waals surface area contributed by atoms with Crippen LogP contribution in [0.15, 0.2) is 18.2 Å². The highest BCUT2D eigenvalue weighted by molar-refractivity contribution is 6.42. The van der Waals surface area contributed by atoms with E-state index in [1.165, 1.54) is 19.3 Å². The fourth-order valence-corrected chi connectivity index (χ4v) is 2.86. The molecule has 0 aromatic heterocycles. The quantitative estimate of drug-likeness (QED) is 0.902. The Morgan fingerprint density at radius 3 is 2.83 bits per heavy atom. The van der Waals surface area contributed by atoms with Crippen LogP contribution in [-0.2, 0) is 11.3 Å². The van der Waals surface area contributed by atoms with E-state index in [1.807, 2.05) is 19.2 Å². The number of benzene rings is 1. The lowest BCUT2D eigenvalue weighted by molar-refractivity contribution is -0.00357. The highest BCUT2D eigenvalue weighted by Crippen LogP contribution is 2.28. The summed E-state index contributed by atoms with van der Waals surface area (Å²) in [5, 5.41) is 4.53. The maximum absolute atomic E-state index is 6.15. The smallest absolute Gasteiger partial charge is 0.0736 e. The molecule has 0 bridgehead atoms. The number of ether oxygens (including phenoxy) is 1. The van der Waals surface area contributed by atoms with Crippen LogP contribution in [0.25, 0.3) is 0 Å². The Balaban J connectivity index is 1.96. The van der Waals surface area contributed by atoms with Gasteiger partial charge in [-0.3, -0.25) is 0 Å². The van der Waals surface area contributed by atoms with Crippen LogP contribution in [0.5, 0.6) is 0 Å². The number of halogens is 2. The Hall–Kier alpha value is -0.280. The van der Waals surface area contributed by atoms with E-state index < -0.39 is 0 Å². The van der Waals surface area contributed by atoms with Gasteiger partial charge >= 0.3 is 0 Å². The van der Waals surface area contributed by atoms with Gasteiger partial charge in [-0.2, -0.15) is 0 Å². The van der Waals surface area contributed by atoms with Gasteiger partial charge in [0.15, 0.2) is 0 Å². The van der Waals surface area contributed by atoms with Gasteiger partial charge in [-0.15, -0.1) is 0 Å². The predicted molar refractivity (Wildman–Crippen MR) is 76.4 cm³/mol. The molecule has 2 atom stereocenters. The predicted octanol–water partition coefficient (Wildman–Crippen LogP) is 4.04. The first-order valence-corrected chi connectivity index (χ1v) is 7.19. The fraction of sp³-hybridized carbons (Fsp3) is 0.571. The van der Waals surface area contributed by atoms with Crippen LogP contribution >= 0.6 is 23.2 Å². The van der Waals surface area contributed by atoms with Crippen LogP contribution < -0.4 is 5.32 Å². The normalized spacial score (nSPS) is 24.2. The summed E-state index contributed by atoms with van der Waals surface area (Å²) < 4.78 is 6.00. The lowest BCUT2D eigenvalue weighted by Crippen LogP contribution is -2.41. The largest absolute Gasteiger partial charge is 0.372 e. The van der Waals surface area contributed by atoms with Crippen molar-refractivity contribution in [1.82, 2.24) is 5.32 Å². The Labute approximate surface area is 119 Å². The number of hydrogen-bond acceptors (Lipinski definition) is 2. The lowest BCUT2D eigenvalue weighted by Gasteiger charge is -2.31. The maximum atomic E-state index is 6.15. The van der Waals surface area contributed by atoms with Crippen molar-refractivity contribution >= 4 is 23.2 Å². The van der Waals surface area contributed by atoms with Crippen molar-refractivity contribution in [1.29, 1.82) is 0 Å². The van der Waals surface area contributed by atoms with Crippen molar-refractivity contribution in [2.75, 3.05) is 7.05 Å². The zero-order valence-electron chi connectivity index (χ0n) is 10.6. The molecule has 18 heavy (non-hydrogen) atoms. The minimum atomic E-state index is 0.277. The first-order valence-electron chi connectivity index (χ1n) is 6.44. The molecule has 0 saturated heterocycles. The summed E-state index contributed by atoms with van der Waals surface area (Å²) in [5.74, 6) is 0. The molecule has 2 unspecified atom stereocenters. The molecule has 1 aromatic rings.